The van der Waals surface area contributed by atoms with Gasteiger partial charge in [0.25, 0.3) is 0 Å². The van der Waals surface area contributed by atoms with Crippen LogP contribution in [0, 0.1) is 0 Å². The van der Waals surface area contributed by atoms with Gasteiger partial charge in [-0.05, 0) is 35.1 Å². The predicted octanol–water partition coefficient (Wildman–Crippen LogP) is 2.20. The average Bonchev–Trinajstić information content (AvgIpc) is 2.26. The van der Waals surface area contributed by atoms with Crippen molar-refractivity contribution in [3.63, 3.8) is 0 Å². The van der Waals surface area contributed by atoms with Crippen molar-refractivity contribution in [2.75, 3.05) is 0 Å². The minimum absolute atomic E-state index is 0.153. The fraction of sp³-hybridized carbons (Fsp3) is 0.500. The van der Waals surface area contributed by atoms with Crippen LogP contribution in [-0.2, 0) is 31.1 Å². The smallest absolute Gasteiger partial charge is 0.108 e. The molecule has 14 heavy (non-hydrogen) atoms. The van der Waals surface area contributed by atoms with Crippen LogP contribution in [0.25, 0.3) is 0 Å². The molecule has 1 radical (unpaired) electrons. The fourth-order valence-electron chi connectivity index (χ4n) is 1.76. The Balaban J connectivity index is 3.24. The van der Waals surface area contributed by atoms with Gasteiger partial charge in [-0.1, -0.05) is 26.0 Å². The first-order valence-electron chi connectivity index (χ1n) is 5.18. The maximum atomic E-state index is 11.0. The number of hydrogen-bond acceptors (Lipinski definition) is 1. The molecule has 0 aliphatic rings. The molecule has 0 saturated heterocycles. The van der Waals surface area contributed by atoms with Gasteiger partial charge in [0.05, 0.1) is 0 Å². The summed E-state index contributed by atoms with van der Waals surface area (Å²) < 4.78 is 0. The fourth-order valence-corrected chi connectivity index (χ4v) is 1.76. The first-order chi connectivity index (χ1) is 6.76. The summed E-state index contributed by atoms with van der Waals surface area (Å²) in [5, 5.41) is 11.0. The van der Waals surface area contributed by atoms with E-state index < -0.39 is 0 Å². The molecule has 2 heteroatoms. The third-order valence-electron chi connectivity index (χ3n) is 2.65. The maximum absolute atomic E-state index is 11.0. The lowest BCUT2D eigenvalue weighted by molar-refractivity contribution is 0.176. The van der Waals surface area contributed by atoms with Crippen molar-refractivity contribution in [1.82, 2.24) is 0 Å². The van der Waals surface area contributed by atoms with Crippen molar-refractivity contribution in [1.29, 1.82) is 0 Å². The summed E-state index contributed by atoms with van der Waals surface area (Å²) in [7, 11) is 0. The van der Waals surface area contributed by atoms with Gasteiger partial charge in [0.2, 0.25) is 0 Å². The van der Waals surface area contributed by atoms with Crippen LogP contribution in [0.4, 0.5) is 0 Å². The van der Waals surface area contributed by atoms with Crippen molar-refractivity contribution in [3.05, 3.63) is 34.4 Å². The number of rotatable bonds is 4. The topological polar surface area (TPSA) is 45.9 Å². The van der Waals surface area contributed by atoms with Crippen LogP contribution in [-0.4, -0.2) is 0 Å². The Morgan fingerprint density at radius 2 is 1.79 bits per heavy atom. The van der Waals surface area contributed by atoms with Crippen LogP contribution in [0.5, 0.6) is 0 Å². The molecule has 0 heterocycles. The van der Waals surface area contributed by atoms with Gasteiger partial charge in [0, 0.05) is 6.54 Å². The highest BCUT2D eigenvalue weighted by molar-refractivity contribution is 5.39. The van der Waals surface area contributed by atoms with Gasteiger partial charge in [0.1, 0.15) is 6.61 Å². The van der Waals surface area contributed by atoms with Gasteiger partial charge in [-0.15, -0.1) is 0 Å². The second kappa shape index (κ2) is 5.13. The molecule has 77 valence electrons. The summed E-state index contributed by atoms with van der Waals surface area (Å²) in [6, 6.07) is 4.19. The third-order valence-corrected chi connectivity index (χ3v) is 2.65. The zero-order valence-corrected chi connectivity index (χ0v) is 8.97. The Morgan fingerprint density at radius 3 is 2.21 bits per heavy atom. The summed E-state index contributed by atoms with van der Waals surface area (Å²) in [5.74, 6) is 0. The third kappa shape index (κ3) is 2.14. The quantitative estimate of drug-likeness (QED) is 0.781. The van der Waals surface area contributed by atoms with Gasteiger partial charge in [-0.3, -0.25) is 0 Å². The van der Waals surface area contributed by atoms with Crippen molar-refractivity contribution in [2.24, 2.45) is 5.73 Å². The van der Waals surface area contributed by atoms with E-state index in [1.54, 1.807) is 0 Å². The summed E-state index contributed by atoms with van der Waals surface area (Å²) in [6.07, 6.45) is 1.91. The normalized spacial score (nSPS) is 10.6. The molecule has 0 spiro atoms. The monoisotopic (exact) mass is 192 g/mol. The maximum Gasteiger partial charge on any atom is 0.108 e. The lowest BCUT2D eigenvalue weighted by atomic mass is 9.95. The minimum Gasteiger partial charge on any atom is -0.326 e. The van der Waals surface area contributed by atoms with Crippen molar-refractivity contribution < 1.29 is 5.11 Å². The molecule has 0 atom stereocenters. The number of aryl methyl sites for hydroxylation is 2. The Hall–Kier alpha value is -0.860. The van der Waals surface area contributed by atoms with Gasteiger partial charge in [-0.2, -0.15) is 0 Å². The van der Waals surface area contributed by atoms with E-state index in [2.05, 4.69) is 26.0 Å². The highest BCUT2D eigenvalue weighted by Gasteiger charge is 2.07. The molecule has 0 amide bonds. The van der Waals surface area contributed by atoms with E-state index in [1.165, 1.54) is 11.1 Å². The van der Waals surface area contributed by atoms with Crippen LogP contribution in [0.1, 0.15) is 36.1 Å². The lowest BCUT2D eigenvalue weighted by Gasteiger charge is -2.12. The zero-order chi connectivity index (χ0) is 10.6. The molecule has 1 aromatic carbocycles. The van der Waals surface area contributed by atoms with Crippen molar-refractivity contribution >= 4 is 0 Å². The van der Waals surface area contributed by atoms with E-state index >= 15 is 0 Å². The lowest BCUT2D eigenvalue weighted by Crippen LogP contribution is -2.06. The Bertz CT molecular complexity index is 282. The first kappa shape index (κ1) is 11.2. The van der Waals surface area contributed by atoms with Crippen molar-refractivity contribution in [2.45, 2.75) is 39.8 Å². The Morgan fingerprint density at radius 1 is 1.14 bits per heavy atom. The highest BCUT2D eigenvalue weighted by atomic mass is 16.3. The largest absolute Gasteiger partial charge is 0.326 e. The summed E-state index contributed by atoms with van der Waals surface area (Å²) in [5.41, 5.74) is 10.0. The molecule has 0 saturated carbocycles. The predicted molar refractivity (Wildman–Crippen MR) is 57.5 cm³/mol. The first-order valence-corrected chi connectivity index (χ1v) is 5.18. The molecule has 1 aromatic rings. The van der Waals surface area contributed by atoms with E-state index in [1.807, 2.05) is 0 Å². The van der Waals surface area contributed by atoms with Crippen LogP contribution in [0.15, 0.2) is 12.1 Å². The summed E-state index contributed by atoms with van der Waals surface area (Å²) in [4.78, 5) is 0. The van der Waals surface area contributed by atoms with Gasteiger partial charge in [0.15, 0.2) is 0 Å². The molecule has 0 bridgehead atoms. The highest BCUT2D eigenvalue weighted by Crippen LogP contribution is 2.19. The standard InChI is InChI=1S/C12H18NO/c1-3-9-5-10(4-2)12(8-14)11(6-9)7-13/h5-6H,3-4,7-8,13H2,1-2H3. The molecule has 2 nitrogen and oxygen atoms in total. The average molecular weight is 192 g/mol. The minimum atomic E-state index is -0.153. The van der Waals surface area contributed by atoms with Crippen molar-refractivity contribution in [3.8, 4) is 0 Å². The summed E-state index contributed by atoms with van der Waals surface area (Å²) in [6.45, 7) is 4.51. The van der Waals surface area contributed by atoms with E-state index in [0.29, 0.717) is 6.54 Å². The second-order valence-electron chi connectivity index (χ2n) is 3.45. The molecule has 2 N–H and O–H groups in total. The molecule has 0 unspecified atom stereocenters. The van der Waals surface area contributed by atoms with E-state index in [0.717, 1.165) is 24.0 Å². The van der Waals surface area contributed by atoms with Crippen LogP contribution >= 0.6 is 0 Å². The van der Waals surface area contributed by atoms with Gasteiger partial charge < -0.3 is 5.73 Å². The number of hydrogen-bond donors (Lipinski definition) is 1. The molecule has 1 rings (SSSR count). The molecule has 0 aromatic heterocycles. The number of benzene rings is 1. The van der Waals surface area contributed by atoms with Crippen LogP contribution in [0.2, 0.25) is 0 Å². The van der Waals surface area contributed by atoms with E-state index in [-0.39, 0.29) is 6.61 Å². The molecular weight excluding hydrogens is 174 g/mol. The molecule has 0 aliphatic carbocycles. The van der Waals surface area contributed by atoms with Gasteiger partial charge in [-0.25, -0.2) is 5.11 Å². The Kier molecular flexibility index (Phi) is 4.11. The SMILES string of the molecule is CCc1cc(CC)c(C[O])c(CN)c1. The number of nitrogens with two attached hydrogens (primary N) is 1. The van der Waals surface area contributed by atoms with E-state index in [9.17, 15) is 5.11 Å². The molecule has 0 aliphatic heterocycles. The second-order valence-corrected chi connectivity index (χ2v) is 3.45. The van der Waals surface area contributed by atoms with E-state index in [4.69, 9.17) is 5.73 Å². The molecular formula is C12H18NO. The molecule has 0 fully saturated rings. The van der Waals surface area contributed by atoms with Crippen LogP contribution < -0.4 is 5.73 Å². The zero-order valence-electron chi connectivity index (χ0n) is 8.97. The van der Waals surface area contributed by atoms with Gasteiger partial charge >= 0.3 is 0 Å². The Labute approximate surface area is 85.8 Å². The summed E-state index contributed by atoms with van der Waals surface area (Å²) >= 11 is 0. The van der Waals surface area contributed by atoms with Crippen LogP contribution in [0.3, 0.4) is 0 Å².